The predicted octanol–water partition coefficient (Wildman–Crippen LogP) is 4.26. The van der Waals surface area contributed by atoms with Crippen LogP contribution in [0.4, 0.5) is 0 Å². The van der Waals surface area contributed by atoms with E-state index in [0.29, 0.717) is 24.0 Å². The lowest BCUT2D eigenvalue weighted by atomic mass is 9.98. The van der Waals surface area contributed by atoms with Crippen LogP contribution in [0.5, 0.6) is 5.75 Å². The maximum Gasteiger partial charge on any atom is 0.227 e. The summed E-state index contributed by atoms with van der Waals surface area (Å²) < 4.78 is 5.84. The molecule has 1 aromatic heterocycles. The van der Waals surface area contributed by atoms with Gasteiger partial charge in [-0.3, -0.25) is 4.79 Å². The van der Waals surface area contributed by atoms with Crippen molar-refractivity contribution in [2.75, 3.05) is 19.7 Å². The highest BCUT2D eigenvalue weighted by molar-refractivity contribution is 7.10. The molecule has 3 nitrogen and oxygen atoms in total. The third-order valence-electron chi connectivity index (χ3n) is 4.05. The molecule has 1 fully saturated rings. The molecule has 1 atom stereocenters. The lowest BCUT2D eigenvalue weighted by Gasteiger charge is -2.32. The van der Waals surface area contributed by atoms with Crippen LogP contribution in [0.1, 0.15) is 17.7 Å². The Bertz CT molecular complexity index is 643. The van der Waals surface area contributed by atoms with Crippen LogP contribution in [-0.2, 0) is 11.2 Å². The number of ether oxygens (including phenoxy) is 1. The average molecular weight is 350 g/mol. The van der Waals surface area contributed by atoms with Crippen molar-refractivity contribution in [3.05, 3.63) is 51.7 Å². The molecule has 1 aliphatic heterocycles. The third kappa shape index (κ3) is 4.72. The highest BCUT2D eigenvalue weighted by Gasteiger charge is 2.24. The first-order chi connectivity index (χ1) is 11.2. The van der Waals surface area contributed by atoms with E-state index in [-0.39, 0.29) is 5.91 Å². The second-order valence-electron chi connectivity index (χ2n) is 5.88. The summed E-state index contributed by atoms with van der Waals surface area (Å²) in [5.41, 5.74) is 0. The van der Waals surface area contributed by atoms with Gasteiger partial charge in [-0.05, 0) is 31.0 Å². The van der Waals surface area contributed by atoms with Crippen molar-refractivity contribution in [3.63, 3.8) is 0 Å². The van der Waals surface area contributed by atoms with Crippen LogP contribution in [0.15, 0.2) is 41.8 Å². The zero-order valence-corrected chi connectivity index (χ0v) is 14.5. The molecular weight excluding hydrogens is 330 g/mol. The monoisotopic (exact) mass is 349 g/mol. The minimum absolute atomic E-state index is 0.188. The largest absolute Gasteiger partial charge is 0.493 e. The Morgan fingerprint density at radius 3 is 2.91 bits per heavy atom. The SMILES string of the molecule is O=C(Cc1cc(Cl)cs1)N1CCCC(COc2ccccc2)C1. The molecule has 3 rings (SSSR count). The second kappa shape index (κ2) is 7.84. The molecule has 2 aromatic rings. The van der Waals surface area contributed by atoms with E-state index in [4.69, 9.17) is 16.3 Å². The standard InChI is InChI=1S/C18H20ClNO2S/c19-15-9-17(23-13-15)10-18(21)20-8-4-5-14(11-20)12-22-16-6-2-1-3-7-16/h1-3,6-7,9,13-14H,4-5,8,10-12H2. The summed E-state index contributed by atoms with van der Waals surface area (Å²) in [7, 11) is 0. The van der Waals surface area contributed by atoms with Gasteiger partial charge in [0.1, 0.15) is 5.75 Å². The number of para-hydroxylation sites is 1. The fourth-order valence-electron chi connectivity index (χ4n) is 2.87. The van der Waals surface area contributed by atoms with E-state index in [1.54, 1.807) is 11.3 Å². The molecule has 0 radical (unpaired) electrons. The Morgan fingerprint density at radius 1 is 1.35 bits per heavy atom. The zero-order chi connectivity index (χ0) is 16.1. The van der Waals surface area contributed by atoms with Crippen molar-refractivity contribution in [2.24, 2.45) is 5.92 Å². The van der Waals surface area contributed by atoms with Crippen molar-refractivity contribution in [3.8, 4) is 5.75 Å². The van der Waals surface area contributed by atoms with Crippen LogP contribution >= 0.6 is 22.9 Å². The molecule has 0 saturated carbocycles. The Labute approximate surface area is 145 Å². The van der Waals surface area contributed by atoms with E-state index < -0.39 is 0 Å². The molecule has 0 N–H and O–H groups in total. The highest BCUT2D eigenvalue weighted by atomic mass is 35.5. The number of hydrogen-bond donors (Lipinski definition) is 0. The lowest BCUT2D eigenvalue weighted by molar-refractivity contribution is -0.132. The summed E-state index contributed by atoms with van der Waals surface area (Å²) in [5, 5.41) is 2.59. The molecule has 1 saturated heterocycles. The number of rotatable bonds is 5. The number of hydrogen-bond acceptors (Lipinski definition) is 3. The first-order valence-corrected chi connectivity index (χ1v) is 9.15. The Kier molecular flexibility index (Phi) is 5.57. The van der Waals surface area contributed by atoms with Crippen LogP contribution in [0.3, 0.4) is 0 Å². The molecule has 5 heteroatoms. The summed E-state index contributed by atoms with van der Waals surface area (Å²) in [6.07, 6.45) is 2.60. The fourth-order valence-corrected chi connectivity index (χ4v) is 3.93. The van der Waals surface area contributed by atoms with Gasteiger partial charge in [0.2, 0.25) is 5.91 Å². The van der Waals surface area contributed by atoms with Gasteiger partial charge in [0, 0.05) is 29.3 Å². The summed E-state index contributed by atoms with van der Waals surface area (Å²) in [6.45, 7) is 2.29. The molecule has 0 aliphatic carbocycles. The zero-order valence-electron chi connectivity index (χ0n) is 12.9. The van der Waals surface area contributed by atoms with Crippen LogP contribution in [0.2, 0.25) is 5.02 Å². The van der Waals surface area contributed by atoms with E-state index in [1.165, 1.54) is 0 Å². The van der Waals surface area contributed by atoms with Gasteiger partial charge in [-0.15, -0.1) is 11.3 Å². The minimum Gasteiger partial charge on any atom is -0.493 e. The molecule has 0 bridgehead atoms. The van der Waals surface area contributed by atoms with Crippen molar-refractivity contribution in [1.82, 2.24) is 4.90 Å². The van der Waals surface area contributed by atoms with E-state index in [1.807, 2.05) is 46.7 Å². The van der Waals surface area contributed by atoms with Gasteiger partial charge in [-0.2, -0.15) is 0 Å². The number of halogens is 1. The third-order valence-corrected chi connectivity index (χ3v) is 5.33. The molecule has 122 valence electrons. The van der Waals surface area contributed by atoms with Gasteiger partial charge in [-0.25, -0.2) is 0 Å². The summed E-state index contributed by atoms with van der Waals surface area (Å²) in [4.78, 5) is 15.4. The smallest absolute Gasteiger partial charge is 0.227 e. The van der Waals surface area contributed by atoms with Crippen LogP contribution in [0, 0.1) is 5.92 Å². The van der Waals surface area contributed by atoms with Gasteiger partial charge in [0.25, 0.3) is 0 Å². The van der Waals surface area contributed by atoms with Crippen LogP contribution < -0.4 is 4.74 Å². The lowest BCUT2D eigenvalue weighted by Crippen LogP contribution is -2.42. The number of carbonyl (C=O) groups excluding carboxylic acids is 1. The van der Waals surface area contributed by atoms with Crippen molar-refractivity contribution >= 4 is 28.8 Å². The van der Waals surface area contributed by atoms with Crippen molar-refractivity contribution in [2.45, 2.75) is 19.3 Å². The van der Waals surface area contributed by atoms with Crippen LogP contribution in [-0.4, -0.2) is 30.5 Å². The first kappa shape index (κ1) is 16.3. The van der Waals surface area contributed by atoms with E-state index in [2.05, 4.69) is 0 Å². The Balaban J connectivity index is 1.50. The van der Waals surface area contributed by atoms with Gasteiger partial charge in [0.15, 0.2) is 0 Å². The number of carbonyl (C=O) groups is 1. The number of piperidine rings is 1. The van der Waals surface area contributed by atoms with E-state index in [9.17, 15) is 4.79 Å². The van der Waals surface area contributed by atoms with Crippen LogP contribution in [0.25, 0.3) is 0 Å². The Morgan fingerprint density at radius 2 is 2.17 bits per heavy atom. The molecule has 0 spiro atoms. The summed E-state index contributed by atoms with van der Waals surface area (Å²) in [6, 6.07) is 11.7. The quantitative estimate of drug-likeness (QED) is 0.807. The highest BCUT2D eigenvalue weighted by Crippen LogP contribution is 2.22. The molecule has 1 aromatic carbocycles. The van der Waals surface area contributed by atoms with Gasteiger partial charge < -0.3 is 9.64 Å². The topological polar surface area (TPSA) is 29.5 Å². The first-order valence-electron chi connectivity index (χ1n) is 7.89. The minimum atomic E-state index is 0.188. The van der Waals surface area contributed by atoms with Crippen molar-refractivity contribution < 1.29 is 9.53 Å². The number of amides is 1. The average Bonchev–Trinajstić information content (AvgIpc) is 2.99. The normalized spacial score (nSPS) is 18.0. The number of thiophene rings is 1. The molecule has 1 amide bonds. The van der Waals surface area contributed by atoms with Gasteiger partial charge in [0.05, 0.1) is 18.1 Å². The number of likely N-dealkylation sites (tertiary alicyclic amines) is 1. The molecule has 23 heavy (non-hydrogen) atoms. The van der Waals surface area contributed by atoms with E-state index in [0.717, 1.165) is 36.6 Å². The van der Waals surface area contributed by atoms with Gasteiger partial charge >= 0.3 is 0 Å². The maximum absolute atomic E-state index is 12.4. The predicted molar refractivity (Wildman–Crippen MR) is 94.3 cm³/mol. The van der Waals surface area contributed by atoms with E-state index >= 15 is 0 Å². The second-order valence-corrected chi connectivity index (χ2v) is 7.31. The Hall–Kier alpha value is -1.52. The summed E-state index contributed by atoms with van der Waals surface area (Å²) >= 11 is 7.47. The van der Waals surface area contributed by atoms with Gasteiger partial charge in [-0.1, -0.05) is 29.8 Å². The number of nitrogens with zero attached hydrogens (tertiary/aromatic N) is 1. The summed E-state index contributed by atoms with van der Waals surface area (Å²) in [5.74, 6) is 1.48. The molecular formula is C18H20ClNO2S. The number of benzene rings is 1. The molecule has 1 aliphatic rings. The maximum atomic E-state index is 12.4. The molecule has 1 unspecified atom stereocenters. The molecule has 2 heterocycles. The van der Waals surface area contributed by atoms with Crippen molar-refractivity contribution in [1.29, 1.82) is 0 Å². The fraction of sp³-hybridized carbons (Fsp3) is 0.389.